The van der Waals surface area contributed by atoms with Crippen LogP contribution in [0.15, 0.2) is 50.3 Å². The van der Waals surface area contributed by atoms with Crippen molar-refractivity contribution in [3.63, 3.8) is 0 Å². The maximum absolute atomic E-state index is 12.1. The summed E-state index contributed by atoms with van der Waals surface area (Å²) in [5, 5.41) is 15.1. The molecule has 0 aliphatic carbocycles. The Balaban J connectivity index is 1.68. The molecule has 27 heavy (non-hydrogen) atoms. The molecule has 1 amide bonds. The molecule has 9 heteroatoms. The van der Waals surface area contributed by atoms with Gasteiger partial charge in [0.1, 0.15) is 11.3 Å². The first kappa shape index (κ1) is 18.2. The predicted molar refractivity (Wildman–Crippen MR) is 100 cm³/mol. The zero-order chi connectivity index (χ0) is 19.4. The maximum Gasteiger partial charge on any atom is 0.307 e. The number of nitro benzene ring substituents is 1. The van der Waals surface area contributed by atoms with Crippen LogP contribution < -0.4 is 10.3 Å². The van der Waals surface area contributed by atoms with Crippen LogP contribution in [0.5, 0.6) is 0 Å². The van der Waals surface area contributed by atoms with E-state index in [1.807, 2.05) is 24.8 Å². The van der Waals surface area contributed by atoms with Gasteiger partial charge in [-0.3, -0.25) is 14.9 Å². The van der Waals surface area contributed by atoms with Gasteiger partial charge in [0, 0.05) is 36.7 Å². The fourth-order valence-electron chi connectivity index (χ4n) is 2.58. The number of hydrazone groups is 1. The Labute approximate surface area is 154 Å². The number of nitrogens with zero attached hydrogens (tertiary/aromatic N) is 3. The van der Waals surface area contributed by atoms with Crippen LogP contribution in [0.1, 0.15) is 30.2 Å². The summed E-state index contributed by atoms with van der Waals surface area (Å²) in [5.41, 5.74) is 2.65. The molecule has 0 aliphatic heterocycles. The SMILES string of the molecule is CCN(CC)c1ccc(/C=N/NC(=O)c2cc3cc([N+](=O)[O-])ccc3o2)o1. The number of carbonyl (C=O) groups is 1. The van der Waals surface area contributed by atoms with E-state index < -0.39 is 10.8 Å². The molecule has 0 bridgehead atoms. The highest BCUT2D eigenvalue weighted by atomic mass is 16.6. The van der Waals surface area contributed by atoms with Crippen LogP contribution in [0.25, 0.3) is 11.0 Å². The van der Waals surface area contributed by atoms with Gasteiger partial charge in [-0.1, -0.05) is 0 Å². The van der Waals surface area contributed by atoms with Gasteiger partial charge in [0.25, 0.3) is 5.69 Å². The van der Waals surface area contributed by atoms with Crippen molar-refractivity contribution in [3.8, 4) is 0 Å². The Morgan fingerprint density at radius 1 is 1.22 bits per heavy atom. The van der Waals surface area contributed by atoms with Crippen molar-refractivity contribution in [2.45, 2.75) is 13.8 Å². The van der Waals surface area contributed by atoms with Crippen LogP contribution in [0.2, 0.25) is 0 Å². The number of hydrogen-bond acceptors (Lipinski definition) is 7. The summed E-state index contributed by atoms with van der Waals surface area (Å²) in [7, 11) is 0. The van der Waals surface area contributed by atoms with Crippen LogP contribution in [-0.4, -0.2) is 30.1 Å². The lowest BCUT2D eigenvalue weighted by Gasteiger charge is -2.16. The third-order valence-corrected chi connectivity index (χ3v) is 3.98. The summed E-state index contributed by atoms with van der Waals surface area (Å²) < 4.78 is 11.0. The molecule has 1 N–H and O–H groups in total. The maximum atomic E-state index is 12.1. The van der Waals surface area contributed by atoms with E-state index >= 15 is 0 Å². The van der Waals surface area contributed by atoms with Gasteiger partial charge in [-0.2, -0.15) is 5.10 Å². The molecule has 0 spiro atoms. The van der Waals surface area contributed by atoms with Crippen molar-refractivity contribution < 1.29 is 18.6 Å². The minimum atomic E-state index is -0.569. The lowest BCUT2D eigenvalue weighted by atomic mass is 10.2. The zero-order valence-corrected chi connectivity index (χ0v) is 14.8. The van der Waals surface area contributed by atoms with Gasteiger partial charge in [0.15, 0.2) is 11.6 Å². The lowest BCUT2D eigenvalue weighted by Crippen LogP contribution is -2.20. The second kappa shape index (κ2) is 7.73. The number of benzene rings is 1. The van der Waals surface area contributed by atoms with E-state index in [1.165, 1.54) is 30.5 Å². The highest BCUT2D eigenvalue weighted by Gasteiger charge is 2.14. The summed E-state index contributed by atoms with van der Waals surface area (Å²) in [4.78, 5) is 24.5. The Morgan fingerprint density at radius 3 is 2.70 bits per heavy atom. The van der Waals surface area contributed by atoms with Gasteiger partial charge >= 0.3 is 5.91 Å². The minimum Gasteiger partial charge on any atom is -0.451 e. The van der Waals surface area contributed by atoms with E-state index in [0.29, 0.717) is 16.7 Å². The Bertz CT molecular complexity index is 1000. The average Bonchev–Trinajstić information content (AvgIpc) is 3.29. The number of non-ortho nitro benzene ring substituents is 1. The van der Waals surface area contributed by atoms with Crippen LogP contribution in [0, 0.1) is 10.1 Å². The number of nitro groups is 1. The Kier molecular flexibility index (Phi) is 5.20. The number of furan rings is 2. The number of anilines is 1. The number of fused-ring (bicyclic) bond motifs is 1. The molecule has 140 valence electrons. The monoisotopic (exact) mass is 370 g/mol. The van der Waals surface area contributed by atoms with Gasteiger partial charge in [0.2, 0.25) is 0 Å². The first-order valence-corrected chi connectivity index (χ1v) is 8.38. The van der Waals surface area contributed by atoms with Crippen LogP contribution >= 0.6 is 0 Å². The first-order valence-electron chi connectivity index (χ1n) is 8.38. The second-order valence-electron chi connectivity index (χ2n) is 5.64. The smallest absolute Gasteiger partial charge is 0.307 e. The second-order valence-corrected chi connectivity index (χ2v) is 5.64. The van der Waals surface area contributed by atoms with Gasteiger partial charge < -0.3 is 13.7 Å². The van der Waals surface area contributed by atoms with Crippen molar-refractivity contribution in [2.75, 3.05) is 18.0 Å². The van der Waals surface area contributed by atoms with Gasteiger partial charge in [-0.15, -0.1) is 0 Å². The molecule has 0 saturated heterocycles. The highest BCUT2D eigenvalue weighted by molar-refractivity contribution is 5.96. The Hall–Kier alpha value is -3.62. The van der Waals surface area contributed by atoms with E-state index in [4.69, 9.17) is 8.83 Å². The number of carbonyl (C=O) groups excluding carboxylic acids is 1. The van der Waals surface area contributed by atoms with Gasteiger partial charge in [0.05, 0.1) is 11.1 Å². The van der Waals surface area contributed by atoms with Gasteiger partial charge in [-0.05, 0) is 32.0 Å². The zero-order valence-electron chi connectivity index (χ0n) is 14.8. The van der Waals surface area contributed by atoms with Gasteiger partial charge in [-0.25, -0.2) is 5.43 Å². The number of hydrogen-bond donors (Lipinski definition) is 1. The van der Waals surface area contributed by atoms with E-state index in [9.17, 15) is 14.9 Å². The van der Waals surface area contributed by atoms with Crippen molar-refractivity contribution in [1.29, 1.82) is 0 Å². The van der Waals surface area contributed by atoms with Crippen molar-refractivity contribution in [1.82, 2.24) is 5.43 Å². The lowest BCUT2D eigenvalue weighted by molar-refractivity contribution is -0.384. The molecule has 2 aromatic heterocycles. The molecule has 1 aromatic carbocycles. The van der Waals surface area contributed by atoms with Crippen molar-refractivity contribution in [2.24, 2.45) is 5.10 Å². The number of rotatable bonds is 7. The van der Waals surface area contributed by atoms with E-state index in [2.05, 4.69) is 10.5 Å². The first-order chi connectivity index (χ1) is 13.0. The Morgan fingerprint density at radius 2 is 2.00 bits per heavy atom. The summed E-state index contributed by atoms with van der Waals surface area (Å²) in [6.45, 7) is 5.70. The standard InChI is InChI=1S/C18H18N4O5/c1-3-21(4-2)17-8-6-14(26-17)11-19-20-18(23)16-10-12-9-13(22(24)25)5-7-15(12)27-16/h5-11H,3-4H2,1-2H3,(H,20,23)/b19-11+. The summed E-state index contributed by atoms with van der Waals surface area (Å²) >= 11 is 0. The normalized spacial score (nSPS) is 11.2. The molecular weight excluding hydrogens is 352 g/mol. The fourth-order valence-corrected chi connectivity index (χ4v) is 2.58. The van der Waals surface area contributed by atoms with Crippen molar-refractivity contribution in [3.05, 3.63) is 58.0 Å². The number of amides is 1. The summed E-state index contributed by atoms with van der Waals surface area (Å²) in [6.07, 6.45) is 1.39. The molecule has 0 fully saturated rings. The molecule has 0 unspecified atom stereocenters. The third kappa shape index (κ3) is 3.97. The summed E-state index contributed by atoms with van der Waals surface area (Å²) in [6, 6.07) is 9.13. The highest BCUT2D eigenvalue weighted by Crippen LogP contribution is 2.24. The molecule has 0 aliphatic rings. The summed E-state index contributed by atoms with van der Waals surface area (Å²) in [5.74, 6) is 0.663. The largest absolute Gasteiger partial charge is 0.451 e. The quantitative estimate of drug-likeness (QED) is 0.386. The van der Waals surface area contributed by atoms with Crippen LogP contribution in [0.4, 0.5) is 11.6 Å². The van der Waals surface area contributed by atoms with E-state index in [0.717, 1.165) is 19.0 Å². The van der Waals surface area contributed by atoms with E-state index in [1.54, 1.807) is 6.07 Å². The topological polar surface area (TPSA) is 114 Å². The molecule has 9 nitrogen and oxygen atoms in total. The van der Waals surface area contributed by atoms with E-state index in [-0.39, 0.29) is 11.4 Å². The molecule has 0 radical (unpaired) electrons. The molecule has 3 aromatic rings. The van der Waals surface area contributed by atoms with Crippen LogP contribution in [0.3, 0.4) is 0 Å². The minimum absolute atomic E-state index is 0.00548. The molecule has 0 atom stereocenters. The predicted octanol–water partition coefficient (Wildman–Crippen LogP) is 3.54. The number of nitrogens with one attached hydrogen (secondary N) is 1. The fraction of sp³-hybridized carbons (Fsp3) is 0.222. The molecule has 0 saturated carbocycles. The van der Waals surface area contributed by atoms with Crippen LogP contribution in [-0.2, 0) is 0 Å². The molecule has 3 rings (SSSR count). The average molecular weight is 370 g/mol. The molecule has 2 heterocycles. The third-order valence-electron chi connectivity index (χ3n) is 3.98. The van der Waals surface area contributed by atoms with Crippen molar-refractivity contribution >= 4 is 34.7 Å². The molecular formula is C18H18N4O5.